The predicted molar refractivity (Wildman–Crippen MR) is 101 cm³/mol. The van der Waals surface area contributed by atoms with Crippen LogP contribution >= 0.6 is 24.0 Å². The highest BCUT2D eigenvalue weighted by atomic mass is 127. The van der Waals surface area contributed by atoms with E-state index >= 15 is 0 Å². The summed E-state index contributed by atoms with van der Waals surface area (Å²) in [4.78, 5) is 15.8. The summed E-state index contributed by atoms with van der Waals surface area (Å²) in [5.41, 5.74) is -0.106. The van der Waals surface area contributed by atoms with Crippen LogP contribution in [0.3, 0.4) is 0 Å². The lowest BCUT2D eigenvalue weighted by atomic mass is 10.0. The molecular formula is C15H31IN4O2. The Kier molecular flexibility index (Phi) is 10.8. The minimum atomic E-state index is -0.106. The summed E-state index contributed by atoms with van der Waals surface area (Å²) in [5.74, 6) is 0.779. The van der Waals surface area contributed by atoms with Gasteiger partial charge in [0, 0.05) is 39.2 Å². The van der Waals surface area contributed by atoms with E-state index in [1.54, 1.807) is 7.05 Å². The molecule has 2 atom stereocenters. The average molecular weight is 426 g/mol. The summed E-state index contributed by atoms with van der Waals surface area (Å²) in [6.45, 7) is 8.31. The van der Waals surface area contributed by atoms with Gasteiger partial charge in [-0.2, -0.15) is 0 Å². The Morgan fingerprint density at radius 3 is 2.68 bits per heavy atom. The summed E-state index contributed by atoms with van der Waals surface area (Å²) in [6, 6.07) is 0.231. The van der Waals surface area contributed by atoms with E-state index < -0.39 is 0 Å². The SMILES string of the molecule is CCC(C)NC(=O)CCNC(=NC)NCC1(C)CCCO1.I. The fraction of sp³-hybridized carbons (Fsp3) is 0.867. The molecule has 0 saturated carbocycles. The number of hydrogen-bond acceptors (Lipinski definition) is 3. The third-order valence-electron chi connectivity index (χ3n) is 3.82. The fourth-order valence-electron chi connectivity index (χ4n) is 2.21. The van der Waals surface area contributed by atoms with Crippen LogP contribution in [0, 0.1) is 0 Å². The third-order valence-corrected chi connectivity index (χ3v) is 3.82. The van der Waals surface area contributed by atoms with Gasteiger partial charge in [0.1, 0.15) is 0 Å². The topological polar surface area (TPSA) is 74.8 Å². The summed E-state index contributed by atoms with van der Waals surface area (Å²) in [6.07, 6.45) is 3.56. The smallest absolute Gasteiger partial charge is 0.221 e. The lowest BCUT2D eigenvalue weighted by Crippen LogP contribution is -2.46. The molecule has 0 aliphatic carbocycles. The van der Waals surface area contributed by atoms with E-state index in [0.717, 1.165) is 32.4 Å². The molecule has 0 spiro atoms. The number of halogens is 1. The van der Waals surface area contributed by atoms with Crippen LogP contribution in [0.2, 0.25) is 0 Å². The molecule has 6 nitrogen and oxygen atoms in total. The zero-order valence-electron chi connectivity index (χ0n) is 14.2. The first kappa shape index (κ1) is 21.4. The quantitative estimate of drug-likeness (QED) is 0.329. The highest BCUT2D eigenvalue weighted by Gasteiger charge is 2.29. The Morgan fingerprint density at radius 2 is 2.14 bits per heavy atom. The summed E-state index contributed by atoms with van der Waals surface area (Å²) >= 11 is 0. The van der Waals surface area contributed by atoms with Crippen molar-refractivity contribution >= 4 is 35.8 Å². The molecule has 2 unspecified atom stereocenters. The van der Waals surface area contributed by atoms with Crippen LogP contribution in [0.1, 0.15) is 46.5 Å². The van der Waals surface area contributed by atoms with E-state index in [9.17, 15) is 4.79 Å². The Labute approximate surface area is 151 Å². The van der Waals surface area contributed by atoms with Gasteiger partial charge in [0.15, 0.2) is 5.96 Å². The molecule has 1 rings (SSSR count). The fourth-order valence-corrected chi connectivity index (χ4v) is 2.21. The molecule has 7 heteroatoms. The van der Waals surface area contributed by atoms with Gasteiger partial charge in [0.05, 0.1) is 5.60 Å². The van der Waals surface area contributed by atoms with Crippen LogP contribution in [0.4, 0.5) is 0 Å². The summed E-state index contributed by atoms with van der Waals surface area (Å²) in [7, 11) is 1.73. The molecule has 1 aliphatic heterocycles. The highest BCUT2D eigenvalue weighted by molar-refractivity contribution is 14.0. The van der Waals surface area contributed by atoms with Crippen LogP contribution in [0.15, 0.2) is 4.99 Å². The molecule has 0 aromatic carbocycles. The molecule has 22 heavy (non-hydrogen) atoms. The van der Waals surface area contributed by atoms with Gasteiger partial charge in [-0.1, -0.05) is 6.92 Å². The molecule has 130 valence electrons. The first-order valence-electron chi connectivity index (χ1n) is 7.87. The van der Waals surface area contributed by atoms with Crippen molar-refractivity contribution in [3.63, 3.8) is 0 Å². The maximum atomic E-state index is 11.7. The molecule has 1 amide bonds. The first-order valence-corrected chi connectivity index (χ1v) is 7.87. The van der Waals surface area contributed by atoms with Crippen molar-refractivity contribution in [3.8, 4) is 0 Å². The molecule has 1 saturated heterocycles. The van der Waals surface area contributed by atoms with Crippen LogP contribution in [-0.4, -0.2) is 50.3 Å². The normalized spacial score (nSPS) is 22.6. The van der Waals surface area contributed by atoms with Crippen molar-refractivity contribution in [1.29, 1.82) is 0 Å². The van der Waals surface area contributed by atoms with Crippen LogP contribution in [-0.2, 0) is 9.53 Å². The van der Waals surface area contributed by atoms with Gasteiger partial charge in [-0.15, -0.1) is 24.0 Å². The van der Waals surface area contributed by atoms with Crippen LogP contribution in [0.25, 0.3) is 0 Å². The average Bonchev–Trinajstić information content (AvgIpc) is 2.89. The van der Waals surface area contributed by atoms with E-state index in [0.29, 0.717) is 18.9 Å². The maximum Gasteiger partial charge on any atom is 0.221 e. The molecular weight excluding hydrogens is 395 g/mol. The van der Waals surface area contributed by atoms with Crippen LogP contribution < -0.4 is 16.0 Å². The molecule has 3 N–H and O–H groups in total. The van der Waals surface area contributed by atoms with Gasteiger partial charge in [-0.05, 0) is 33.1 Å². The van der Waals surface area contributed by atoms with Gasteiger partial charge in [0.25, 0.3) is 0 Å². The molecule has 0 aromatic rings. The Morgan fingerprint density at radius 1 is 1.41 bits per heavy atom. The predicted octanol–water partition coefficient (Wildman–Crippen LogP) is 1.64. The minimum Gasteiger partial charge on any atom is -0.373 e. The van der Waals surface area contributed by atoms with Gasteiger partial charge in [0.2, 0.25) is 5.91 Å². The van der Waals surface area contributed by atoms with E-state index in [1.807, 2.05) is 6.92 Å². The lowest BCUT2D eigenvalue weighted by molar-refractivity contribution is -0.121. The zero-order valence-corrected chi connectivity index (χ0v) is 16.5. The molecule has 1 fully saturated rings. The Hall–Kier alpha value is -0.570. The van der Waals surface area contributed by atoms with E-state index in [4.69, 9.17) is 4.74 Å². The number of aliphatic imine (C=N–C) groups is 1. The lowest BCUT2D eigenvalue weighted by Gasteiger charge is -2.24. The number of ether oxygens (including phenoxy) is 1. The van der Waals surface area contributed by atoms with Crippen molar-refractivity contribution in [3.05, 3.63) is 0 Å². The van der Waals surface area contributed by atoms with Crippen molar-refractivity contribution in [1.82, 2.24) is 16.0 Å². The second kappa shape index (κ2) is 11.0. The second-order valence-corrected chi connectivity index (χ2v) is 5.88. The summed E-state index contributed by atoms with van der Waals surface area (Å²) < 4.78 is 5.72. The van der Waals surface area contributed by atoms with Crippen molar-refractivity contribution in [2.24, 2.45) is 4.99 Å². The molecule has 0 aromatic heterocycles. The number of guanidine groups is 1. The van der Waals surface area contributed by atoms with Gasteiger partial charge in [-0.3, -0.25) is 9.79 Å². The zero-order chi connectivity index (χ0) is 15.7. The molecule has 1 heterocycles. The molecule has 0 bridgehead atoms. The van der Waals surface area contributed by atoms with Crippen molar-refractivity contribution in [2.45, 2.75) is 58.1 Å². The molecule has 1 aliphatic rings. The van der Waals surface area contributed by atoms with Crippen LogP contribution in [0.5, 0.6) is 0 Å². The third kappa shape index (κ3) is 8.17. The Balaban J connectivity index is 0.00000441. The van der Waals surface area contributed by atoms with Crippen molar-refractivity contribution in [2.75, 3.05) is 26.7 Å². The molecule has 0 radical (unpaired) electrons. The van der Waals surface area contributed by atoms with E-state index in [2.05, 4.69) is 34.8 Å². The number of amides is 1. The standard InChI is InChI=1S/C15H30N4O2.HI/c1-5-12(2)19-13(20)7-9-17-14(16-4)18-11-15(3)8-6-10-21-15;/h12H,5-11H2,1-4H3,(H,19,20)(H2,16,17,18);1H. The maximum absolute atomic E-state index is 11.7. The number of nitrogens with zero attached hydrogens (tertiary/aromatic N) is 1. The van der Waals surface area contributed by atoms with Gasteiger partial charge >= 0.3 is 0 Å². The summed E-state index contributed by atoms with van der Waals surface area (Å²) in [5, 5.41) is 9.36. The second-order valence-electron chi connectivity index (χ2n) is 5.88. The van der Waals surface area contributed by atoms with E-state index in [-0.39, 0.29) is 41.5 Å². The van der Waals surface area contributed by atoms with Gasteiger partial charge < -0.3 is 20.7 Å². The Bertz CT molecular complexity index is 357. The largest absolute Gasteiger partial charge is 0.373 e. The highest BCUT2D eigenvalue weighted by Crippen LogP contribution is 2.23. The van der Waals surface area contributed by atoms with Crippen molar-refractivity contribution < 1.29 is 9.53 Å². The van der Waals surface area contributed by atoms with Gasteiger partial charge in [-0.25, -0.2) is 0 Å². The monoisotopic (exact) mass is 426 g/mol. The number of rotatable bonds is 7. The number of nitrogens with one attached hydrogen (secondary N) is 3. The van der Waals surface area contributed by atoms with E-state index in [1.165, 1.54) is 0 Å². The minimum absolute atomic E-state index is 0. The first-order chi connectivity index (χ1) is 9.99. The number of hydrogen-bond donors (Lipinski definition) is 3. The number of carbonyl (C=O) groups is 1. The number of carbonyl (C=O) groups excluding carboxylic acids is 1.